The van der Waals surface area contributed by atoms with Gasteiger partial charge in [0.25, 0.3) is 5.56 Å². The van der Waals surface area contributed by atoms with Crippen molar-refractivity contribution in [2.75, 3.05) is 20.3 Å². The maximum absolute atomic E-state index is 12.5. The fourth-order valence-corrected chi connectivity index (χ4v) is 4.11. The standard InChI is InChI=1S/C20H17N3O4S/c1-10-11(2)28-20-16(10)19(24)22-18(23-20)13(9-21)6-12-7-14(25-3)17-15(8-12)26-4-5-27-17/h6-8H,4-5H2,1-3H3,(H,22,23,24)/b13-6+. The van der Waals surface area contributed by atoms with Gasteiger partial charge < -0.3 is 19.2 Å². The van der Waals surface area contributed by atoms with Crippen molar-refractivity contribution in [1.82, 2.24) is 9.97 Å². The van der Waals surface area contributed by atoms with E-state index in [0.29, 0.717) is 46.2 Å². The van der Waals surface area contributed by atoms with Gasteiger partial charge in [0.1, 0.15) is 24.1 Å². The molecule has 2 aromatic heterocycles. The van der Waals surface area contributed by atoms with Gasteiger partial charge in [-0.15, -0.1) is 11.3 Å². The number of aryl methyl sites for hydroxylation is 2. The second-order valence-electron chi connectivity index (χ2n) is 6.30. The van der Waals surface area contributed by atoms with E-state index in [2.05, 4.69) is 16.0 Å². The van der Waals surface area contributed by atoms with Gasteiger partial charge in [-0.2, -0.15) is 5.26 Å². The van der Waals surface area contributed by atoms with Crippen LogP contribution in [0.3, 0.4) is 0 Å². The number of hydrogen-bond acceptors (Lipinski definition) is 7. The molecule has 1 aromatic carbocycles. The Labute approximate surface area is 164 Å². The molecule has 1 aliphatic rings. The van der Waals surface area contributed by atoms with Crippen LogP contribution in [0.25, 0.3) is 21.9 Å². The van der Waals surface area contributed by atoms with E-state index in [1.807, 2.05) is 13.8 Å². The van der Waals surface area contributed by atoms with E-state index in [0.717, 1.165) is 10.4 Å². The summed E-state index contributed by atoms with van der Waals surface area (Å²) in [4.78, 5) is 21.4. The predicted molar refractivity (Wildman–Crippen MR) is 107 cm³/mol. The summed E-state index contributed by atoms with van der Waals surface area (Å²) in [5, 5.41) is 10.2. The summed E-state index contributed by atoms with van der Waals surface area (Å²) in [7, 11) is 1.54. The average Bonchev–Trinajstić information content (AvgIpc) is 2.99. The van der Waals surface area contributed by atoms with Crippen molar-refractivity contribution in [3.63, 3.8) is 0 Å². The van der Waals surface area contributed by atoms with Crippen LogP contribution in [0.4, 0.5) is 0 Å². The van der Waals surface area contributed by atoms with Crippen LogP contribution >= 0.6 is 11.3 Å². The highest BCUT2D eigenvalue weighted by Crippen LogP contribution is 2.41. The zero-order valence-corrected chi connectivity index (χ0v) is 16.4. The monoisotopic (exact) mass is 395 g/mol. The number of ether oxygens (including phenoxy) is 3. The number of nitrogens with one attached hydrogen (secondary N) is 1. The fraction of sp³-hybridized carbons (Fsp3) is 0.250. The second-order valence-corrected chi connectivity index (χ2v) is 7.50. The first kappa shape index (κ1) is 18.1. The number of aromatic nitrogens is 2. The van der Waals surface area contributed by atoms with Gasteiger partial charge in [-0.3, -0.25) is 4.79 Å². The molecule has 0 atom stereocenters. The van der Waals surface area contributed by atoms with Gasteiger partial charge >= 0.3 is 0 Å². The highest BCUT2D eigenvalue weighted by Gasteiger charge is 2.19. The lowest BCUT2D eigenvalue weighted by atomic mass is 10.1. The SMILES string of the molecule is COc1cc(/C=C(\C#N)c2nc3sc(C)c(C)c3c(=O)[nH]2)cc2c1OCCO2. The molecule has 0 radical (unpaired) electrons. The number of nitrogens with zero attached hydrogens (tertiary/aromatic N) is 2. The third-order valence-corrected chi connectivity index (χ3v) is 5.68. The smallest absolute Gasteiger partial charge is 0.260 e. The molecule has 0 fully saturated rings. The molecule has 8 heteroatoms. The van der Waals surface area contributed by atoms with E-state index in [4.69, 9.17) is 14.2 Å². The van der Waals surface area contributed by atoms with Gasteiger partial charge in [0.05, 0.1) is 18.1 Å². The Kier molecular flexibility index (Phi) is 4.53. The number of allylic oxidation sites excluding steroid dienone is 1. The van der Waals surface area contributed by atoms with E-state index in [-0.39, 0.29) is 17.0 Å². The van der Waals surface area contributed by atoms with Crippen LogP contribution in [0.2, 0.25) is 0 Å². The maximum atomic E-state index is 12.5. The summed E-state index contributed by atoms with van der Waals surface area (Å²) in [5.74, 6) is 1.84. The summed E-state index contributed by atoms with van der Waals surface area (Å²) in [6.07, 6.45) is 1.64. The Morgan fingerprint density at radius 1 is 1.36 bits per heavy atom. The lowest BCUT2D eigenvalue weighted by Crippen LogP contribution is -2.16. The van der Waals surface area contributed by atoms with Crippen molar-refractivity contribution in [3.05, 3.63) is 44.3 Å². The van der Waals surface area contributed by atoms with E-state index in [1.54, 1.807) is 25.3 Å². The number of rotatable bonds is 3. The number of methoxy groups -OCH3 is 1. The Balaban J connectivity index is 1.84. The molecular formula is C20H17N3O4S. The van der Waals surface area contributed by atoms with Crippen molar-refractivity contribution >= 4 is 33.2 Å². The summed E-state index contributed by atoms with van der Waals surface area (Å²) in [5.41, 5.74) is 1.59. The second kappa shape index (κ2) is 7.02. The summed E-state index contributed by atoms with van der Waals surface area (Å²) in [6.45, 7) is 4.74. The Morgan fingerprint density at radius 3 is 2.89 bits per heavy atom. The molecule has 3 aromatic rings. The summed E-state index contributed by atoms with van der Waals surface area (Å²) < 4.78 is 16.6. The average molecular weight is 395 g/mol. The molecule has 3 heterocycles. The fourth-order valence-electron chi connectivity index (χ4n) is 3.08. The first-order valence-corrected chi connectivity index (χ1v) is 9.43. The highest BCUT2D eigenvalue weighted by atomic mass is 32.1. The minimum absolute atomic E-state index is 0.232. The third kappa shape index (κ3) is 3.00. The number of fused-ring (bicyclic) bond motifs is 2. The topological polar surface area (TPSA) is 97.2 Å². The minimum atomic E-state index is -0.247. The van der Waals surface area contributed by atoms with Crippen LogP contribution in [0, 0.1) is 25.2 Å². The molecule has 142 valence electrons. The number of H-pyrrole nitrogens is 1. The molecule has 0 unspecified atom stereocenters. The van der Waals surface area contributed by atoms with Crippen LogP contribution in [0.15, 0.2) is 16.9 Å². The van der Waals surface area contributed by atoms with Gasteiger partial charge in [0.15, 0.2) is 17.3 Å². The molecule has 7 nitrogen and oxygen atoms in total. The number of benzene rings is 1. The van der Waals surface area contributed by atoms with Gasteiger partial charge in [-0.05, 0) is 43.2 Å². The minimum Gasteiger partial charge on any atom is -0.493 e. The van der Waals surface area contributed by atoms with Crippen molar-refractivity contribution in [2.45, 2.75) is 13.8 Å². The zero-order chi connectivity index (χ0) is 19.8. The van der Waals surface area contributed by atoms with Gasteiger partial charge in [-0.25, -0.2) is 4.98 Å². The zero-order valence-electron chi connectivity index (χ0n) is 15.6. The van der Waals surface area contributed by atoms with Crippen molar-refractivity contribution in [2.24, 2.45) is 0 Å². The quantitative estimate of drug-likeness (QED) is 0.682. The molecule has 0 spiro atoms. The number of aromatic amines is 1. The van der Waals surface area contributed by atoms with Crippen LogP contribution in [0.5, 0.6) is 17.2 Å². The van der Waals surface area contributed by atoms with E-state index in [1.165, 1.54) is 11.3 Å². The van der Waals surface area contributed by atoms with Crippen LogP contribution < -0.4 is 19.8 Å². The lowest BCUT2D eigenvalue weighted by molar-refractivity contribution is 0.165. The Hall–Kier alpha value is -3.31. The molecule has 0 aliphatic carbocycles. The van der Waals surface area contributed by atoms with Gasteiger partial charge in [0.2, 0.25) is 5.75 Å². The Bertz CT molecular complexity index is 1200. The normalized spacial score (nSPS) is 13.4. The lowest BCUT2D eigenvalue weighted by Gasteiger charge is -2.21. The van der Waals surface area contributed by atoms with E-state index < -0.39 is 0 Å². The van der Waals surface area contributed by atoms with E-state index in [9.17, 15) is 10.1 Å². The first-order chi connectivity index (χ1) is 13.5. The molecule has 4 rings (SSSR count). The molecule has 28 heavy (non-hydrogen) atoms. The number of hydrogen-bond donors (Lipinski definition) is 1. The molecular weight excluding hydrogens is 378 g/mol. The molecule has 1 N–H and O–H groups in total. The molecule has 0 amide bonds. The highest BCUT2D eigenvalue weighted by molar-refractivity contribution is 7.18. The Morgan fingerprint density at radius 2 is 2.14 bits per heavy atom. The first-order valence-electron chi connectivity index (χ1n) is 8.61. The van der Waals surface area contributed by atoms with Gasteiger partial charge in [0, 0.05) is 4.88 Å². The largest absolute Gasteiger partial charge is 0.493 e. The number of thiophene rings is 1. The molecule has 0 bridgehead atoms. The van der Waals surface area contributed by atoms with Crippen molar-refractivity contribution < 1.29 is 14.2 Å². The molecule has 1 aliphatic heterocycles. The molecule has 0 saturated carbocycles. The van der Waals surface area contributed by atoms with Crippen molar-refractivity contribution in [1.29, 1.82) is 5.26 Å². The van der Waals surface area contributed by atoms with Crippen LogP contribution in [-0.2, 0) is 0 Å². The summed E-state index contributed by atoms with van der Waals surface area (Å²) >= 11 is 1.44. The molecule has 0 saturated heterocycles. The number of nitriles is 1. The predicted octanol–water partition coefficient (Wildman–Crippen LogP) is 3.45. The summed E-state index contributed by atoms with van der Waals surface area (Å²) in [6, 6.07) is 5.64. The maximum Gasteiger partial charge on any atom is 0.260 e. The van der Waals surface area contributed by atoms with Crippen molar-refractivity contribution in [3.8, 4) is 23.3 Å². The van der Waals surface area contributed by atoms with E-state index >= 15 is 0 Å². The van der Waals surface area contributed by atoms with Crippen LogP contribution in [0.1, 0.15) is 21.8 Å². The van der Waals surface area contributed by atoms with Gasteiger partial charge in [-0.1, -0.05) is 0 Å². The third-order valence-electron chi connectivity index (χ3n) is 4.58. The van der Waals surface area contributed by atoms with Crippen LogP contribution in [-0.4, -0.2) is 30.3 Å².